The van der Waals surface area contributed by atoms with Crippen molar-refractivity contribution in [1.82, 2.24) is 0 Å². The van der Waals surface area contributed by atoms with Gasteiger partial charge >= 0.3 is 120 Å². The van der Waals surface area contributed by atoms with E-state index in [-0.39, 0.29) is 46.5 Å². The molecule has 318 valence electrons. The van der Waals surface area contributed by atoms with E-state index in [0.717, 1.165) is 27.6 Å². The number of halogens is 4. The Morgan fingerprint density at radius 2 is 1.10 bits per heavy atom. The number of benzene rings is 4. The zero-order valence-corrected chi connectivity index (χ0v) is 44.2. The van der Waals surface area contributed by atoms with Crippen LogP contribution in [0.1, 0.15) is 168 Å². The van der Waals surface area contributed by atoms with Crippen LogP contribution in [0.4, 0.5) is 0 Å². The first-order valence-corrected chi connectivity index (χ1v) is 22.8. The summed E-state index contributed by atoms with van der Waals surface area (Å²) < 4.78 is 1.26. The van der Waals surface area contributed by atoms with E-state index in [1.165, 1.54) is 90.4 Å². The zero-order chi connectivity index (χ0) is 42.9. The van der Waals surface area contributed by atoms with Gasteiger partial charge in [0, 0.05) is 0 Å². The Morgan fingerprint density at radius 1 is 0.627 bits per heavy atom. The molecule has 2 aliphatic rings. The Balaban J connectivity index is 0.000000337. The monoisotopic (exact) mass is 946 g/mol. The van der Waals surface area contributed by atoms with Crippen molar-refractivity contribution < 1.29 is 49.0 Å². The fourth-order valence-corrected chi connectivity index (χ4v) is 8.68. The Morgan fingerprint density at radius 3 is 1.51 bits per heavy atom. The van der Waals surface area contributed by atoms with Crippen molar-refractivity contribution in [2.45, 2.75) is 152 Å². The molecule has 0 aromatic heterocycles. The second kappa shape index (κ2) is 20.6. The molecule has 0 aliphatic heterocycles. The van der Waals surface area contributed by atoms with Crippen molar-refractivity contribution in [2.24, 2.45) is 11.3 Å². The topological polar surface area (TPSA) is 0 Å². The summed E-state index contributed by atoms with van der Waals surface area (Å²) in [7, 11) is 0. The maximum absolute atomic E-state index is 5.98. The maximum Gasteiger partial charge on any atom is -1.00 e. The molecule has 0 nitrogen and oxygen atoms in total. The molecule has 1 atom stereocenters. The number of fused-ring (bicyclic) bond motifs is 3. The summed E-state index contributed by atoms with van der Waals surface area (Å²) in [5, 5.41) is 1.53. The van der Waals surface area contributed by atoms with Crippen LogP contribution in [-0.4, -0.2) is 3.21 Å². The number of hydrogen-bond donors (Lipinski definition) is 0. The molecule has 0 saturated heterocycles. The van der Waals surface area contributed by atoms with Crippen LogP contribution >= 0.6 is 23.2 Å². The molecular formula is C54H68Cl4Zr-2. The maximum atomic E-state index is 5.98. The molecule has 4 aromatic rings. The van der Waals surface area contributed by atoms with Crippen molar-refractivity contribution in [1.29, 1.82) is 0 Å². The Hall–Kier alpha value is -1.73. The molecule has 0 radical (unpaired) electrons. The second-order valence-corrected chi connectivity index (χ2v) is 23.3. The van der Waals surface area contributed by atoms with E-state index in [1.807, 2.05) is 36.4 Å². The minimum Gasteiger partial charge on any atom is -1.00 e. The standard InChI is InChI=1S/C29H41.C13H8Cl2.C12H19.2ClH.Zr/c1-26(2,3)22-14-18-13-19-15-23(27(4,5)6)25(29(10,11)12)17-21(19)20(18)16-24(22)28(7,8)9;14-12-5-1-3-10(8-12)7-11-4-2-6-13(15)9-11;1-5-6-10-7-8-11(9-10)12(2,3)4;;;/h14,16-17H,13H2,1-12H3;1-6,8-9H;8-10H,5-6H2,1-4H3;2*1H;/q-1;;-1;;;+2/p-2. The van der Waals surface area contributed by atoms with Crippen LogP contribution in [0, 0.1) is 23.5 Å². The van der Waals surface area contributed by atoms with E-state index in [2.05, 4.69) is 165 Å². The quantitative estimate of drug-likeness (QED) is 0.158. The van der Waals surface area contributed by atoms with Crippen molar-refractivity contribution >= 4 is 26.4 Å². The summed E-state index contributed by atoms with van der Waals surface area (Å²) in [5.41, 5.74) is 16.0. The van der Waals surface area contributed by atoms with Crippen molar-refractivity contribution in [3.63, 3.8) is 0 Å². The predicted octanol–water partition coefficient (Wildman–Crippen LogP) is 10.1. The summed E-state index contributed by atoms with van der Waals surface area (Å²) in [5.74, 6) is 0.587. The summed E-state index contributed by atoms with van der Waals surface area (Å²) in [4.78, 5) is 0. The molecule has 0 saturated carbocycles. The SMILES string of the molecule is CC(C)(C)c1[c-]c2c(cc1C(C)(C)C)-c1cc(C(C)(C)C)c(C(C)(C)C)cc1C2.CCCC1[C-]=CC(C(C)(C)C)=C1.Clc1cccc([C](=[Zr+2])c2cccc(Cl)c2)c1.[Cl-].[Cl-]. The van der Waals surface area contributed by atoms with Gasteiger partial charge in [0.25, 0.3) is 0 Å². The first-order valence-electron chi connectivity index (χ1n) is 20.8. The van der Waals surface area contributed by atoms with Crippen molar-refractivity contribution in [3.8, 4) is 11.1 Å². The van der Waals surface area contributed by atoms with Gasteiger partial charge in [-0.2, -0.15) is 29.3 Å². The van der Waals surface area contributed by atoms with E-state index < -0.39 is 0 Å². The average molecular weight is 950 g/mol. The normalized spacial score (nSPS) is 14.7. The molecule has 0 bridgehead atoms. The van der Waals surface area contributed by atoms with Gasteiger partial charge in [0.05, 0.1) is 0 Å². The van der Waals surface area contributed by atoms with Crippen LogP contribution in [0.25, 0.3) is 11.1 Å². The molecule has 6 rings (SSSR count). The predicted molar refractivity (Wildman–Crippen MR) is 248 cm³/mol. The Labute approximate surface area is 397 Å². The molecular weight excluding hydrogens is 882 g/mol. The molecule has 0 spiro atoms. The molecule has 4 aromatic carbocycles. The van der Waals surface area contributed by atoms with Gasteiger partial charge in [0.1, 0.15) is 0 Å². The van der Waals surface area contributed by atoms with Gasteiger partial charge in [0.15, 0.2) is 0 Å². The van der Waals surface area contributed by atoms with Gasteiger partial charge in [-0.3, -0.25) is 6.08 Å². The van der Waals surface area contributed by atoms with Gasteiger partial charge in [-0.05, 0) is 39.4 Å². The van der Waals surface area contributed by atoms with E-state index in [1.54, 1.807) is 0 Å². The van der Waals surface area contributed by atoms with Crippen LogP contribution in [-0.2, 0) is 52.3 Å². The van der Waals surface area contributed by atoms with E-state index >= 15 is 0 Å². The molecule has 1 unspecified atom stereocenters. The third-order valence-corrected chi connectivity index (χ3v) is 12.6. The van der Waals surface area contributed by atoms with Gasteiger partial charge in [0.2, 0.25) is 0 Å². The van der Waals surface area contributed by atoms with Crippen LogP contribution in [0.15, 0.2) is 84.5 Å². The third-order valence-electron chi connectivity index (χ3n) is 10.8. The number of allylic oxidation sites excluding steroid dienone is 4. The largest absolute Gasteiger partial charge is 1.00 e. The van der Waals surface area contributed by atoms with Crippen LogP contribution < -0.4 is 24.8 Å². The van der Waals surface area contributed by atoms with Crippen molar-refractivity contribution in [3.05, 3.63) is 151 Å². The van der Waals surface area contributed by atoms with E-state index in [9.17, 15) is 0 Å². The average Bonchev–Trinajstić information content (AvgIpc) is 3.71. The molecule has 5 heteroatoms. The molecule has 0 amide bonds. The van der Waals surface area contributed by atoms with E-state index in [4.69, 9.17) is 23.2 Å². The smallest absolute Gasteiger partial charge is 1.00 e. The number of hydrogen-bond acceptors (Lipinski definition) is 0. The summed E-state index contributed by atoms with van der Waals surface area (Å²) in [6.07, 6.45) is 11.4. The zero-order valence-electron chi connectivity index (χ0n) is 38.7. The fourth-order valence-electron chi connectivity index (χ4n) is 7.53. The summed E-state index contributed by atoms with van der Waals surface area (Å²) in [6, 6.07) is 27.2. The first kappa shape index (κ1) is 53.4. The van der Waals surface area contributed by atoms with Crippen LogP contribution in [0.3, 0.4) is 0 Å². The van der Waals surface area contributed by atoms with Gasteiger partial charge in [-0.1, -0.05) is 158 Å². The van der Waals surface area contributed by atoms with Crippen molar-refractivity contribution in [2.75, 3.05) is 0 Å². The minimum absolute atomic E-state index is 0. The van der Waals surface area contributed by atoms with Crippen LogP contribution in [0.5, 0.6) is 0 Å². The molecule has 0 N–H and O–H groups in total. The van der Waals surface area contributed by atoms with Gasteiger partial charge in [-0.25, -0.2) is 6.08 Å². The fraction of sp³-hybridized carbons (Fsp3) is 0.463. The van der Waals surface area contributed by atoms with E-state index in [0.29, 0.717) is 11.3 Å². The molecule has 59 heavy (non-hydrogen) atoms. The molecule has 2 aliphatic carbocycles. The Bertz CT molecular complexity index is 2010. The van der Waals surface area contributed by atoms with Gasteiger partial charge < -0.3 is 24.8 Å². The summed E-state index contributed by atoms with van der Waals surface area (Å²) >= 11 is 13.3. The second-order valence-electron chi connectivity index (χ2n) is 21.2. The summed E-state index contributed by atoms with van der Waals surface area (Å²) in [6.45, 7) is 37.0. The molecule has 0 heterocycles. The number of rotatable bonds is 4. The van der Waals surface area contributed by atoms with Crippen LogP contribution in [0.2, 0.25) is 10.0 Å². The third kappa shape index (κ3) is 14.1. The van der Waals surface area contributed by atoms with Gasteiger partial charge in [-0.15, -0.1) is 16.7 Å². The molecule has 0 fully saturated rings. The Kier molecular flexibility index (Phi) is 18.7. The first-order chi connectivity index (χ1) is 26.1. The minimum atomic E-state index is 0.